The fraction of sp³-hybridized carbons (Fsp3) is 0.375. The van der Waals surface area contributed by atoms with Gasteiger partial charge < -0.3 is 5.32 Å². The molecule has 0 atom stereocenters. The average molecular weight is 536 g/mol. The quantitative estimate of drug-likeness (QED) is 0.462. The summed E-state index contributed by atoms with van der Waals surface area (Å²) in [6, 6.07) is 5.43. The molecule has 0 saturated heterocycles. The molecule has 3 aromatic rings. The molecule has 0 saturated carbocycles. The normalized spacial score (nSPS) is 14.9. The first-order valence-corrected chi connectivity index (χ1v) is 13.8. The number of benzene rings is 1. The smallest absolute Gasteiger partial charge is 0.235 e. The van der Waals surface area contributed by atoms with Crippen LogP contribution in [0.25, 0.3) is 5.57 Å². The Morgan fingerprint density at radius 2 is 2.00 bits per heavy atom. The summed E-state index contributed by atoms with van der Waals surface area (Å²) in [4.78, 5) is 12.4. The van der Waals surface area contributed by atoms with Gasteiger partial charge in [-0.1, -0.05) is 35.3 Å². The molecule has 0 aliphatic heterocycles. The first kappa shape index (κ1) is 25.5. The van der Waals surface area contributed by atoms with Gasteiger partial charge in [-0.25, -0.2) is 8.42 Å². The molecule has 0 unspecified atom stereocenters. The molecule has 1 amide bonds. The number of carbonyl (C=O) groups is 1. The fourth-order valence-electron chi connectivity index (χ4n) is 4.06. The maximum atomic E-state index is 12.6. The molecule has 0 bridgehead atoms. The topological polar surface area (TPSA) is 98.9 Å². The number of aromatic nitrogens is 4. The second-order valence-corrected chi connectivity index (χ2v) is 11.6. The van der Waals surface area contributed by atoms with Crippen molar-refractivity contribution in [2.75, 3.05) is 12.3 Å². The number of allylic oxidation sites excluding steroid dienone is 1. The van der Waals surface area contributed by atoms with Crippen molar-refractivity contribution in [3.63, 3.8) is 0 Å². The Hall–Kier alpha value is -2.62. The first-order chi connectivity index (χ1) is 16.6. The summed E-state index contributed by atoms with van der Waals surface area (Å²) >= 11 is 12.4. The molecule has 186 valence electrons. The van der Waals surface area contributed by atoms with Gasteiger partial charge in [-0.2, -0.15) is 10.2 Å². The molecular formula is C24H27Cl2N5O3S. The van der Waals surface area contributed by atoms with Gasteiger partial charge in [0.25, 0.3) is 0 Å². The summed E-state index contributed by atoms with van der Waals surface area (Å²) in [5, 5.41) is 12.5. The summed E-state index contributed by atoms with van der Waals surface area (Å²) in [6.45, 7) is 4.52. The van der Waals surface area contributed by atoms with Crippen LogP contribution >= 0.6 is 23.2 Å². The summed E-state index contributed by atoms with van der Waals surface area (Å²) in [5.41, 5.74) is 4.13. The average Bonchev–Trinajstić information content (AvgIpc) is 3.44. The number of halogens is 2. The van der Waals surface area contributed by atoms with Gasteiger partial charge in [0, 0.05) is 28.8 Å². The zero-order valence-corrected chi connectivity index (χ0v) is 21.9. The number of fused-ring (bicyclic) bond motifs is 1. The monoisotopic (exact) mass is 535 g/mol. The van der Waals surface area contributed by atoms with Crippen molar-refractivity contribution >= 4 is 44.5 Å². The van der Waals surface area contributed by atoms with Gasteiger partial charge in [-0.05, 0) is 61.9 Å². The van der Waals surface area contributed by atoms with Crippen LogP contribution in [0.3, 0.4) is 0 Å². The zero-order chi connectivity index (χ0) is 25.2. The highest BCUT2D eigenvalue weighted by Crippen LogP contribution is 2.31. The highest BCUT2D eigenvalue weighted by atomic mass is 35.5. The molecule has 2 heterocycles. The molecule has 0 spiro atoms. The molecule has 0 fully saturated rings. The molecular weight excluding hydrogens is 509 g/mol. The predicted octanol–water partition coefficient (Wildman–Crippen LogP) is 4.33. The minimum atomic E-state index is -3.77. The Morgan fingerprint density at radius 3 is 2.71 bits per heavy atom. The Morgan fingerprint density at radius 1 is 1.20 bits per heavy atom. The molecule has 1 N–H and O–H groups in total. The number of aryl methyl sites for hydroxylation is 1. The van der Waals surface area contributed by atoms with Crippen LogP contribution in [0.2, 0.25) is 10.0 Å². The van der Waals surface area contributed by atoms with Crippen LogP contribution < -0.4 is 5.32 Å². The number of hydrogen-bond donors (Lipinski definition) is 1. The molecule has 1 aliphatic carbocycles. The van der Waals surface area contributed by atoms with Gasteiger partial charge >= 0.3 is 0 Å². The molecule has 8 nitrogen and oxygen atoms in total. The molecule has 35 heavy (non-hydrogen) atoms. The lowest BCUT2D eigenvalue weighted by Gasteiger charge is -2.18. The highest BCUT2D eigenvalue weighted by Gasteiger charge is 2.23. The van der Waals surface area contributed by atoms with E-state index in [1.807, 2.05) is 36.9 Å². The Bertz CT molecular complexity index is 1380. The summed E-state index contributed by atoms with van der Waals surface area (Å²) in [6.07, 6.45) is 9.28. The van der Waals surface area contributed by atoms with Crippen molar-refractivity contribution in [2.24, 2.45) is 0 Å². The minimum absolute atomic E-state index is 0.0314. The van der Waals surface area contributed by atoms with Crippen molar-refractivity contribution in [3.05, 3.63) is 69.7 Å². The Labute approximate surface area is 214 Å². The van der Waals surface area contributed by atoms with Crippen LogP contribution in [-0.4, -0.2) is 46.2 Å². The summed E-state index contributed by atoms with van der Waals surface area (Å²) in [7, 11) is -3.77. The van der Waals surface area contributed by atoms with Crippen LogP contribution in [-0.2, 0) is 27.6 Å². The number of nitrogens with one attached hydrogen (secondary N) is 1. The fourth-order valence-corrected chi connectivity index (χ4v) is 5.61. The third-order valence-corrected chi connectivity index (χ3v) is 8.04. The van der Waals surface area contributed by atoms with Gasteiger partial charge in [-0.3, -0.25) is 14.2 Å². The van der Waals surface area contributed by atoms with E-state index in [1.165, 1.54) is 12.4 Å². The van der Waals surface area contributed by atoms with Gasteiger partial charge in [-0.15, -0.1) is 0 Å². The van der Waals surface area contributed by atoms with Crippen molar-refractivity contribution in [2.45, 2.75) is 50.6 Å². The zero-order valence-electron chi connectivity index (χ0n) is 19.5. The molecule has 0 radical (unpaired) electrons. The summed E-state index contributed by atoms with van der Waals surface area (Å²) in [5.74, 6) is -1.19. The van der Waals surface area contributed by atoms with E-state index in [4.69, 9.17) is 23.2 Å². The minimum Gasteiger partial charge on any atom is -0.352 e. The van der Waals surface area contributed by atoms with Crippen molar-refractivity contribution in [1.82, 2.24) is 24.9 Å². The summed E-state index contributed by atoms with van der Waals surface area (Å²) < 4.78 is 28.6. The Balaban J connectivity index is 1.43. The molecule has 1 aliphatic rings. The number of sulfone groups is 1. The van der Waals surface area contributed by atoms with Crippen molar-refractivity contribution < 1.29 is 13.2 Å². The maximum Gasteiger partial charge on any atom is 0.235 e. The van der Waals surface area contributed by atoms with E-state index in [-0.39, 0.29) is 17.5 Å². The molecule has 11 heteroatoms. The lowest BCUT2D eigenvalue weighted by Crippen LogP contribution is -2.30. The lowest BCUT2D eigenvalue weighted by atomic mass is 9.92. The van der Waals surface area contributed by atoms with Crippen LogP contribution in [0.1, 0.15) is 49.6 Å². The number of rotatable bonds is 8. The Kier molecular flexibility index (Phi) is 7.68. The van der Waals surface area contributed by atoms with Crippen LogP contribution in [0.4, 0.5) is 0 Å². The van der Waals surface area contributed by atoms with Crippen LogP contribution in [0.15, 0.2) is 47.8 Å². The number of carbonyl (C=O) groups excluding carboxylic acids is 1. The maximum absolute atomic E-state index is 12.6. The van der Waals surface area contributed by atoms with Gasteiger partial charge in [0.2, 0.25) is 5.91 Å². The number of nitrogens with zero attached hydrogens (tertiary/aromatic N) is 4. The number of hydrogen-bond acceptors (Lipinski definition) is 5. The van der Waals surface area contributed by atoms with Gasteiger partial charge in [0.15, 0.2) is 9.84 Å². The predicted molar refractivity (Wildman–Crippen MR) is 136 cm³/mol. The third-order valence-electron chi connectivity index (χ3n) is 5.88. The SMILES string of the molecule is CC(C)n1cc(S(=O)(=O)CC(=O)NC/C=C2\CCCc3cnn(Cc4ccc(Cl)cc4Cl)c32)cn1. The third kappa shape index (κ3) is 5.97. The first-order valence-electron chi connectivity index (χ1n) is 11.4. The molecule has 2 aromatic heterocycles. The molecule has 4 rings (SSSR count). The van der Waals surface area contributed by atoms with E-state index in [2.05, 4.69) is 15.5 Å². The van der Waals surface area contributed by atoms with Gasteiger partial charge in [0.1, 0.15) is 10.6 Å². The van der Waals surface area contributed by atoms with Crippen molar-refractivity contribution in [3.8, 4) is 0 Å². The van der Waals surface area contributed by atoms with Crippen molar-refractivity contribution in [1.29, 1.82) is 0 Å². The molecule has 1 aromatic carbocycles. The second kappa shape index (κ2) is 10.6. The second-order valence-electron chi connectivity index (χ2n) is 8.81. The van der Waals surface area contributed by atoms with Crippen LogP contribution in [0.5, 0.6) is 0 Å². The van der Waals surface area contributed by atoms with Gasteiger partial charge in [0.05, 0.1) is 24.6 Å². The van der Waals surface area contributed by atoms with E-state index in [0.717, 1.165) is 41.7 Å². The van der Waals surface area contributed by atoms with E-state index < -0.39 is 21.5 Å². The van der Waals surface area contributed by atoms with E-state index in [1.54, 1.807) is 16.8 Å². The standard InChI is InChI=1S/C24H27Cl2N5O3S/c1-16(2)30-14-21(12-29-30)35(33,34)15-23(32)27-9-8-17-4-3-5-18-11-28-31(24(17)18)13-19-6-7-20(25)10-22(19)26/h6-8,10-12,14,16H,3-5,9,13,15H2,1-2H3,(H,27,32)/b17-8+. The van der Waals surface area contributed by atoms with E-state index in [0.29, 0.717) is 16.6 Å². The largest absolute Gasteiger partial charge is 0.352 e. The van der Waals surface area contributed by atoms with E-state index in [9.17, 15) is 13.2 Å². The van der Waals surface area contributed by atoms with Crippen LogP contribution in [0, 0.1) is 0 Å². The number of amides is 1. The lowest BCUT2D eigenvalue weighted by molar-refractivity contribution is -0.118. The van der Waals surface area contributed by atoms with E-state index >= 15 is 0 Å². The highest BCUT2D eigenvalue weighted by molar-refractivity contribution is 7.92.